The van der Waals surface area contributed by atoms with Crippen LogP contribution in [0.25, 0.3) is 0 Å². The minimum absolute atomic E-state index is 0.0786. The van der Waals surface area contributed by atoms with E-state index in [1.807, 2.05) is 39.8 Å². The minimum Gasteiger partial charge on any atom is -0.505 e. The number of hydrogen-bond donors (Lipinski definition) is 5. The molecule has 1 atom stereocenters. The highest BCUT2D eigenvalue weighted by Gasteiger charge is 2.34. The van der Waals surface area contributed by atoms with Crippen LogP contribution in [0.15, 0.2) is 40.3 Å². The van der Waals surface area contributed by atoms with Gasteiger partial charge in [-0.3, -0.25) is 4.79 Å². The van der Waals surface area contributed by atoms with Crippen LogP contribution in [-0.2, 0) is 10.2 Å². The summed E-state index contributed by atoms with van der Waals surface area (Å²) in [4.78, 5) is 13.9. The molecule has 0 saturated carbocycles. The fourth-order valence-electron chi connectivity index (χ4n) is 3.47. The number of aryl methyl sites for hydroxylation is 2. The first-order chi connectivity index (χ1) is 15.2. The number of nitrogens with one attached hydrogen (secondary N) is 4. The van der Waals surface area contributed by atoms with Crippen LogP contribution >= 0.6 is 0 Å². The third-order valence-electron chi connectivity index (χ3n) is 5.19. The molecule has 0 spiro atoms. The Hall–Kier alpha value is -3.34. The van der Waals surface area contributed by atoms with Gasteiger partial charge in [-0.15, -0.1) is 0 Å². The van der Waals surface area contributed by atoms with Crippen LogP contribution in [0.1, 0.15) is 54.3 Å². The number of furan rings is 1. The van der Waals surface area contributed by atoms with Gasteiger partial charge in [-0.05, 0) is 43.0 Å². The van der Waals surface area contributed by atoms with Crippen LogP contribution in [0.4, 0.5) is 5.69 Å². The summed E-state index contributed by atoms with van der Waals surface area (Å²) in [5.41, 5.74) is 0.559. The van der Waals surface area contributed by atoms with Crippen molar-refractivity contribution >= 4 is 21.8 Å². The van der Waals surface area contributed by atoms with Gasteiger partial charge in [0, 0.05) is 14.1 Å². The van der Waals surface area contributed by atoms with Gasteiger partial charge in [0.05, 0.1) is 17.3 Å². The van der Waals surface area contributed by atoms with Gasteiger partial charge in [0.2, 0.25) is 0 Å². The number of hydrogen-bond acceptors (Lipinski definition) is 7. The Kier molecular flexibility index (Phi) is 6.29. The van der Waals surface area contributed by atoms with Crippen molar-refractivity contribution in [2.45, 2.75) is 40.7 Å². The van der Waals surface area contributed by atoms with E-state index in [0.29, 0.717) is 11.3 Å². The van der Waals surface area contributed by atoms with Crippen molar-refractivity contribution < 1.29 is 22.7 Å². The van der Waals surface area contributed by atoms with Gasteiger partial charge in [-0.2, -0.15) is 8.42 Å². The van der Waals surface area contributed by atoms with Gasteiger partial charge in [0.25, 0.3) is 5.91 Å². The molecule has 0 radical (unpaired) electrons. The maximum absolute atomic E-state index is 12.5. The number of nitrogens with zero attached hydrogens (tertiary/aromatic N) is 1. The average Bonchev–Trinajstić information content (AvgIpc) is 3.22. The molecule has 0 saturated heterocycles. The zero-order valence-corrected chi connectivity index (χ0v) is 20.6. The highest BCUT2D eigenvalue weighted by atomic mass is 32.2. The molecule has 3 rings (SSSR count). The number of benzene rings is 1. The summed E-state index contributed by atoms with van der Waals surface area (Å²) >= 11 is 0. The zero-order chi connectivity index (χ0) is 24.7. The predicted molar refractivity (Wildman–Crippen MR) is 125 cm³/mol. The largest absolute Gasteiger partial charge is 0.505 e. The Balaban J connectivity index is 2.01. The van der Waals surface area contributed by atoms with Crippen molar-refractivity contribution in [1.82, 2.24) is 19.7 Å². The second kappa shape index (κ2) is 8.54. The fourth-order valence-corrected chi connectivity index (χ4v) is 4.38. The second-order valence-electron chi connectivity index (χ2n) is 9.33. The fraction of sp³-hybridized carbons (Fsp3) is 0.409. The minimum atomic E-state index is -3.88. The number of phenolic OH excluding ortho intramolecular Hbond substituents is 1. The van der Waals surface area contributed by atoms with E-state index in [4.69, 9.17) is 4.42 Å². The Morgan fingerprint density at radius 2 is 1.73 bits per heavy atom. The van der Waals surface area contributed by atoms with Crippen molar-refractivity contribution in [2.75, 3.05) is 19.4 Å². The van der Waals surface area contributed by atoms with E-state index >= 15 is 0 Å². The van der Waals surface area contributed by atoms with Crippen molar-refractivity contribution in [3.05, 3.63) is 58.6 Å². The molecular weight excluding hydrogens is 446 g/mol. The summed E-state index contributed by atoms with van der Waals surface area (Å²) in [6.07, 6.45) is 0. The van der Waals surface area contributed by atoms with E-state index in [1.54, 1.807) is 33.2 Å². The summed E-state index contributed by atoms with van der Waals surface area (Å²) in [5, 5.41) is 16.9. The summed E-state index contributed by atoms with van der Waals surface area (Å²) in [7, 11) is -0.706. The molecule has 180 valence electrons. The Bertz CT molecular complexity index is 1210. The van der Waals surface area contributed by atoms with Crippen LogP contribution < -0.4 is 20.1 Å². The van der Waals surface area contributed by atoms with Crippen LogP contribution in [0.5, 0.6) is 5.75 Å². The highest BCUT2D eigenvalue weighted by molar-refractivity contribution is 7.88. The molecule has 2 aromatic rings. The molecule has 1 aliphatic heterocycles. The van der Waals surface area contributed by atoms with Crippen LogP contribution in [0.3, 0.4) is 0 Å². The van der Waals surface area contributed by atoms with Crippen LogP contribution in [0, 0.1) is 19.3 Å². The molecule has 0 fully saturated rings. The SMILES string of the molecule is Cc1ccc([C@H](NC2=C(Nc3ccc(C)c(C(=O)N(C)C)c3O)NS(=O)(=O)N2)C(C)(C)C)o1. The molecule has 0 aliphatic carbocycles. The normalized spacial score (nSPS) is 16.1. The number of carbonyl (C=O) groups is 1. The number of rotatable bonds is 6. The van der Waals surface area contributed by atoms with Crippen molar-refractivity contribution in [1.29, 1.82) is 0 Å². The van der Waals surface area contributed by atoms with E-state index in [0.717, 1.165) is 5.76 Å². The standard InChI is InChI=1S/C22H31N5O5S/c1-12-8-10-14(17(28)16(12)21(29)27(6)7)23-19-20(26-33(30,31)25-19)24-18(22(3,4)5)15-11-9-13(2)32-15/h8-11,18,23-26,28H,1-7H3/t18-/m0/s1. The van der Waals surface area contributed by atoms with Gasteiger partial charge in [0.1, 0.15) is 11.5 Å². The molecular formula is C22H31N5O5S. The number of carbonyl (C=O) groups excluding carboxylic acids is 1. The maximum atomic E-state index is 12.5. The molecule has 33 heavy (non-hydrogen) atoms. The van der Waals surface area contributed by atoms with Gasteiger partial charge in [-0.25, -0.2) is 9.44 Å². The molecule has 1 aromatic carbocycles. The summed E-state index contributed by atoms with van der Waals surface area (Å²) in [6, 6.07) is 6.55. The molecule has 1 amide bonds. The monoisotopic (exact) mass is 477 g/mol. The molecule has 1 aliphatic rings. The quantitative estimate of drug-likeness (QED) is 0.404. The highest BCUT2D eigenvalue weighted by Crippen LogP contribution is 2.36. The average molecular weight is 478 g/mol. The molecule has 0 unspecified atom stereocenters. The van der Waals surface area contributed by atoms with Crippen LogP contribution in [-0.4, -0.2) is 38.4 Å². The zero-order valence-electron chi connectivity index (χ0n) is 19.8. The molecule has 2 heterocycles. The molecule has 0 bridgehead atoms. The van der Waals surface area contributed by atoms with Gasteiger partial charge in [0.15, 0.2) is 17.4 Å². The lowest BCUT2D eigenvalue weighted by molar-refractivity contribution is 0.0824. The summed E-state index contributed by atoms with van der Waals surface area (Å²) in [5.74, 6) is 0.975. The third kappa shape index (κ3) is 5.19. The lowest BCUT2D eigenvalue weighted by Crippen LogP contribution is -2.36. The Labute approximate surface area is 194 Å². The molecule has 5 N–H and O–H groups in total. The van der Waals surface area contributed by atoms with E-state index < -0.39 is 10.2 Å². The topological polar surface area (TPSA) is 136 Å². The molecule has 1 aromatic heterocycles. The van der Waals surface area contributed by atoms with E-state index in [-0.39, 0.29) is 46.0 Å². The van der Waals surface area contributed by atoms with Gasteiger partial charge in [-0.1, -0.05) is 26.8 Å². The Morgan fingerprint density at radius 1 is 1.09 bits per heavy atom. The van der Waals surface area contributed by atoms with E-state index in [2.05, 4.69) is 20.1 Å². The first-order valence-corrected chi connectivity index (χ1v) is 11.9. The lowest BCUT2D eigenvalue weighted by atomic mass is 9.85. The van der Waals surface area contributed by atoms with E-state index in [1.165, 1.54) is 4.90 Å². The molecule has 10 nitrogen and oxygen atoms in total. The maximum Gasteiger partial charge on any atom is 0.323 e. The number of aromatic hydroxyl groups is 1. The second-order valence-corrected chi connectivity index (χ2v) is 10.7. The number of anilines is 1. The van der Waals surface area contributed by atoms with Crippen molar-refractivity contribution in [3.8, 4) is 5.75 Å². The van der Waals surface area contributed by atoms with Gasteiger partial charge < -0.3 is 25.1 Å². The molecule has 11 heteroatoms. The van der Waals surface area contributed by atoms with E-state index in [9.17, 15) is 18.3 Å². The van der Waals surface area contributed by atoms with Crippen molar-refractivity contribution in [3.63, 3.8) is 0 Å². The van der Waals surface area contributed by atoms with Gasteiger partial charge >= 0.3 is 10.2 Å². The first kappa shape index (κ1) is 24.3. The smallest absolute Gasteiger partial charge is 0.323 e. The third-order valence-corrected chi connectivity index (χ3v) is 6.13. The first-order valence-electron chi connectivity index (χ1n) is 10.4. The van der Waals surface area contributed by atoms with Crippen LogP contribution in [0.2, 0.25) is 0 Å². The number of phenols is 1. The summed E-state index contributed by atoms with van der Waals surface area (Å²) in [6.45, 7) is 9.54. The lowest BCUT2D eigenvalue weighted by Gasteiger charge is -2.31. The predicted octanol–water partition coefficient (Wildman–Crippen LogP) is 2.66. The summed E-state index contributed by atoms with van der Waals surface area (Å²) < 4.78 is 35.3. The Morgan fingerprint density at radius 3 is 2.27 bits per heavy atom. The number of amides is 1. The van der Waals surface area contributed by atoms with Crippen molar-refractivity contribution in [2.24, 2.45) is 5.41 Å².